The molecule has 0 N–H and O–H groups in total. The highest BCUT2D eigenvalue weighted by Gasteiger charge is 2.55. The Bertz CT molecular complexity index is 477. The fourth-order valence-electron chi connectivity index (χ4n) is 2.57. The molecule has 9 heteroatoms. The van der Waals surface area contributed by atoms with Gasteiger partial charge in [-0.3, -0.25) is 14.4 Å². The summed E-state index contributed by atoms with van der Waals surface area (Å²) in [6.45, 7) is 5.18. The monoisotopic (exact) mass is 332 g/mol. The lowest BCUT2D eigenvalue weighted by Gasteiger charge is -2.40. The summed E-state index contributed by atoms with van der Waals surface area (Å²) in [5.74, 6) is -1.67. The molecule has 0 aromatic heterocycles. The molecule has 0 bridgehead atoms. The Labute approximate surface area is 133 Å². The molecule has 9 nitrogen and oxygen atoms in total. The first-order valence-corrected chi connectivity index (χ1v) is 7.22. The fourth-order valence-corrected chi connectivity index (χ4v) is 2.57. The predicted octanol–water partition coefficient (Wildman–Crippen LogP) is -0.101. The molecule has 2 rings (SSSR count). The second-order valence-electron chi connectivity index (χ2n) is 5.30. The third-order valence-electron chi connectivity index (χ3n) is 3.32. The molecular formula is C14H20O9. The summed E-state index contributed by atoms with van der Waals surface area (Å²) in [5.41, 5.74) is 0. The molecule has 6 atom stereocenters. The van der Waals surface area contributed by atoms with E-state index in [1.807, 2.05) is 0 Å². The van der Waals surface area contributed by atoms with E-state index in [1.54, 1.807) is 6.92 Å². The number of carbonyl (C=O) groups excluding carboxylic acids is 3. The molecule has 0 radical (unpaired) electrons. The first kappa shape index (κ1) is 17.6. The molecular weight excluding hydrogens is 312 g/mol. The van der Waals surface area contributed by atoms with Crippen LogP contribution in [0.25, 0.3) is 0 Å². The van der Waals surface area contributed by atoms with Crippen molar-refractivity contribution in [3.63, 3.8) is 0 Å². The maximum Gasteiger partial charge on any atom is 0.303 e. The van der Waals surface area contributed by atoms with Gasteiger partial charge in [-0.15, -0.1) is 0 Å². The van der Waals surface area contributed by atoms with Gasteiger partial charge >= 0.3 is 17.9 Å². The normalized spacial score (nSPS) is 36.0. The van der Waals surface area contributed by atoms with Crippen LogP contribution in [0.2, 0.25) is 0 Å². The molecule has 2 heterocycles. The number of hydrogen-bond donors (Lipinski definition) is 0. The van der Waals surface area contributed by atoms with Gasteiger partial charge in [0.2, 0.25) is 0 Å². The van der Waals surface area contributed by atoms with Crippen molar-refractivity contribution in [2.24, 2.45) is 0 Å². The van der Waals surface area contributed by atoms with Crippen molar-refractivity contribution >= 4 is 17.9 Å². The zero-order valence-electron chi connectivity index (χ0n) is 13.3. The van der Waals surface area contributed by atoms with E-state index in [2.05, 4.69) is 0 Å². The van der Waals surface area contributed by atoms with Crippen molar-refractivity contribution < 1.29 is 42.8 Å². The number of rotatable bonds is 4. The standard InChI is InChI=1S/C14H20O9/c1-6(15)18-5-10-11(19-7(2)16)12(20-8(3)17)13-14(23-10)22-9(4)21-13/h9-14H,5H2,1-4H3/t9?,10?,11-,12+,13-,14-/m1/s1. The van der Waals surface area contributed by atoms with E-state index in [4.69, 9.17) is 28.4 Å². The summed E-state index contributed by atoms with van der Waals surface area (Å²) in [4.78, 5) is 33.8. The molecule has 2 saturated heterocycles. The Kier molecular flexibility index (Phi) is 5.55. The van der Waals surface area contributed by atoms with Crippen molar-refractivity contribution in [1.29, 1.82) is 0 Å². The van der Waals surface area contributed by atoms with Crippen LogP contribution < -0.4 is 0 Å². The average Bonchev–Trinajstić information content (AvgIpc) is 2.78. The van der Waals surface area contributed by atoms with Crippen LogP contribution in [0.1, 0.15) is 27.7 Å². The molecule has 2 aliphatic heterocycles. The largest absolute Gasteiger partial charge is 0.463 e. The van der Waals surface area contributed by atoms with Crippen LogP contribution in [-0.2, 0) is 42.8 Å². The quantitative estimate of drug-likeness (QED) is 0.515. The van der Waals surface area contributed by atoms with Crippen LogP contribution in [-0.4, -0.2) is 61.5 Å². The van der Waals surface area contributed by atoms with E-state index in [-0.39, 0.29) is 6.61 Å². The van der Waals surface area contributed by atoms with Gasteiger partial charge in [0.1, 0.15) is 12.7 Å². The molecule has 0 aliphatic carbocycles. The van der Waals surface area contributed by atoms with Crippen molar-refractivity contribution in [1.82, 2.24) is 0 Å². The zero-order valence-corrected chi connectivity index (χ0v) is 13.3. The molecule has 0 saturated carbocycles. The second-order valence-corrected chi connectivity index (χ2v) is 5.30. The fraction of sp³-hybridized carbons (Fsp3) is 0.786. The zero-order chi connectivity index (χ0) is 17.1. The summed E-state index contributed by atoms with van der Waals surface area (Å²) in [6.07, 6.45) is -4.89. The Morgan fingerprint density at radius 1 is 0.870 bits per heavy atom. The predicted molar refractivity (Wildman–Crippen MR) is 71.8 cm³/mol. The minimum Gasteiger partial charge on any atom is -0.463 e. The molecule has 130 valence electrons. The molecule has 0 aromatic rings. The van der Waals surface area contributed by atoms with Gasteiger partial charge in [0.15, 0.2) is 30.9 Å². The Balaban J connectivity index is 2.23. The molecule has 0 spiro atoms. The minimum absolute atomic E-state index is 0.175. The van der Waals surface area contributed by atoms with Crippen LogP contribution in [0.4, 0.5) is 0 Å². The highest BCUT2D eigenvalue weighted by Crippen LogP contribution is 2.34. The smallest absolute Gasteiger partial charge is 0.303 e. The molecule has 2 unspecified atom stereocenters. The highest BCUT2D eigenvalue weighted by atomic mass is 16.8. The minimum atomic E-state index is -0.981. The number of ether oxygens (including phenoxy) is 6. The number of fused-ring (bicyclic) bond motifs is 1. The Morgan fingerprint density at radius 3 is 2.04 bits per heavy atom. The van der Waals surface area contributed by atoms with Gasteiger partial charge in [0.25, 0.3) is 0 Å². The number of hydrogen-bond acceptors (Lipinski definition) is 9. The maximum atomic E-state index is 11.4. The maximum absolute atomic E-state index is 11.4. The van der Waals surface area contributed by atoms with Crippen molar-refractivity contribution in [2.45, 2.75) is 64.7 Å². The van der Waals surface area contributed by atoms with Crippen LogP contribution in [0.5, 0.6) is 0 Å². The second kappa shape index (κ2) is 7.24. The van der Waals surface area contributed by atoms with E-state index in [1.165, 1.54) is 20.8 Å². The lowest BCUT2D eigenvalue weighted by molar-refractivity contribution is -0.264. The average molecular weight is 332 g/mol. The topological polar surface area (TPSA) is 107 Å². The van der Waals surface area contributed by atoms with Crippen molar-refractivity contribution in [3.05, 3.63) is 0 Å². The van der Waals surface area contributed by atoms with E-state index >= 15 is 0 Å². The van der Waals surface area contributed by atoms with Gasteiger partial charge < -0.3 is 28.4 Å². The van der Waals surface area contributed by atoms with Crippen LogP contribution >= 0.6 is 0 Å². The van der Waals surface area contributed by atoms with Crippen LogP contribution in [0.3, 0.4) is 0 Å². The summed E-state index contributed by atoms with van der Waals surface area (Å²) in [6, 6.07) is 0. The van der Waals surface area contributed by atoms with Crippen LogP contribution in [0.15, 0.2) is 0 Å². The van der Waals surface area contributed by atoms with Crippen molar-refractivity contribution in [3.8, 4) is 0 Å². The van der Waals surface area contributed by atoms with Gasteiger partial charge in [-0.2, -0.15) is 0 Å². The van der Waals surface area contributed by atoms with Gasteiger partial charge in [-0.05, 0) is 6.92 Å². The van der Waals surface area contributed by atoms with E-state index in [9.17, 15) is 14.4 Å². The lowest BCUT2D eigenvalue weighted by atomic mass is 9.98. The first-order valence-electron chi connectivity index (χ1n) is 7.22. The molecule has 0 aromatic carbocycles. The Hall–Kier alpha value is -1.71. The summed E-state index contributed by atoms with van der Waals surface area (Å²) in [7, 11) is 0. The summed E-state index contributed by atoms with van der Waals surface area (Å²) < 4.78 is 32.1. The van der Waals surface area contributed by atoms with E-state index in [0.29, 0.717) is 0 Å². The Morgan fingerprint density at radius 2 is 1.48 bits per heavy atom. The first-order chi connectivity index (χ1) is 10.8. The molecule has 2 aliphatic rings. The summed E-state index contributed by atoms with van der Waals surface area (Å²) in [5, 5.41) is 0. The van der Waals surface area contributed by atoms with Gasteiger partial charge in [0, 0.05) is 20.8 Å². The number of carbonyl (C=O) groups is 3. The number of esters is 3. The van der Waals surface area contributed by atoms with E-state index < -0.39 is 54.9 Å². The summed E-state index contributed by atoms with van der Waals surface area (Å²) >= 11 is 0. The molecule has 2 fully saturated rings. The van der Waals surface area contributed by atoms with E-state index in [0.717, 1.165) is 0 Å². The van der Waals surface area contributed by atoms with Crippen LogP contribution in [0, 0.1) is 0 Å². The lowest BCUT2D eigenvalue weighted by Crippen LogP contribution is -2.60. The molecule has 0 amide bonds. The SMILES string of the molecule is CC(=O)OCC1O[C@H]2OC(C)O[C@@H]2[C@@H](OC(C)=O)[C@@H]1OC(C)=O. The highest BCUT2D eigenvalue weighted by molar-refractivity contribution is 5.67. The van der Waals surface area contributed by atoms with Gasteiger partial charge in [0.05, 0.1) is 0 Å². The van der Waals surface area contributed by atoms with Crippen molar-refractivity contribution in [2.75, 3.05) is 6.61 Å². The third kappa shape index (κ3) is 4.40. The molecule has 23 heavy (non-hydrogen) atoms. The van der Waals surface area contributed by atoms with Gasteiger partial charge in [-0.1, -0.05) is 0 Å². The van der Waals surface area contributed by atoms with Gasteiger partial charge in [-0.25, -0.2) is 0 Å². The third-order valence-corrected chi connectivity index (χ3v) is 3.32.